The van der Waals surface area contributed by atoms with Gasteiger partial charge in [0, 0.05) is 69.3 Å². The largest absolute Gasteiger partial charge is 0.427 e. The molecule has 7 rings (SSSR count). The van der Waals surface area contributed by atoms with E-state index in [1.165, 1.54) is 0 Å². The molecule has 0 spiro atoms. The van der Waals surface area contributed by atoms with Gasteiger partial charge >= 0.3 is 7.48 Å². The molecule has 0 aliphatic heterocycles. The van der Waals surface area contributed by atoms with Crippen LogP contribution < -0.4 is 5.46 Å². The van der Waals surface area contributed by atoms with Gasteiger partial charge in [-0.25, -0.2) is 0 Å². The fourth-order valence-electron chi connectivity index (χ4n) is 6.79. The Morgan fingerprint density at radius 2 is 0.797 bits per heavy atom. The molecule has 59 heavy (non-hydrogen) atoms. The lowest BCUT2D eigenvalue weighted by atomic mass is 9.79. The average Bonchev–Trinajstić information content (AvgIpc) is 3.22. The quantitative estimate of drug-likeness (QED) is 0.139. The lowest BCUT2D eigenvalue weighted by Gasteiger charge is -2.37. The van der Waals surface area contributed by atoms with Gasteiger partial charge in [-0.15, -0.1) is 0 Å². The van der Waals surface area contributed by atoms with E-state index in [9.17, 15) is 5.11 Å². The van der Waals surface area contributed by atoms with Gasteiger partial charge in [-0.3, -0.25) is 19.9 Å². The molecule has 0 saturated heterocycles. The lowest BCUT2D eigenvalue weighted by molar-refractivity contribution is -0.0893. The van der Waals surface area contributed by atoms with Crippen molar-refractivity contribution in [2.24, 2.45) is 0 Å². The molecule has 0 fully saturated rings. The summed E-state index contributed by atoms with van der Waals surface area (Å²) in [6, 6.07) is 40.1. The Balaban J connectivity index is 1.27. The minimum absolute atomic E-state index is 0.0189. The Kier molecular flexibility index (Phi) is 11.3. The molecule has 6 nitrogen and oxygen atoms in total. The third-order valence-electron chi connectivity index (χ3n) is 11.2. The van der Waals surface area contributed by atoms with Gasteiger partial charge in [0.05, 0.1) is 22.6 Å². The van der Waals surface area contributed by atoms with Crippen molar-refractivity contribution in [3.63, 3.8) is 0 Å². The first-order valence-corrected chi connectivity index (χ1v) is 20.3. The highest BCUT2D eigenvalue weighted by molar-refractivity contribution is 6.47. The van der Waals surface area contributed by atoms with E-state index in [1.54, 1.807) is 21.3 Å². The molecule has 0 saturated carbocycles. The first kappa shape index (κ1) is 41.4. The molecule has 1 radical (unpaired) electrons. The summed E-state index contributed by atoms with van der Waals surface area (Å²) in [5, 5.41) is 10.9. The summed E-state index contributed by atoms with van der Waals surface area (Å²) in [5.41, 5.74) is 13.0. The van der Waals surface area contributed by atoms with Crippen LogP contribution in [0.2, 0.25) is 0 Å². The maximum absolute atomic E-state index is 10.9. The maximum atomic E-state index is 10.9. The Hall–Kier alpha value is -5.76. The van der Waals surface area contributed by atoms with Gasteiger partial charge < -0.3 is 9.76 Å². The summed E-state index contributed by atoms with van der Waals surface area (Å²) in [6.45, 7) is 20.3. The minimum atomic E-state index is -1.07. The molecular weight excluding hydrogens is 723 g/mol. The van der Waals surface area contributed by atoms with Crippen molar-refractivity contribution in [1.82, 2.24) is 19.9 Å². The topological polar surface area (TPSA) is 81.0 Å². The Bertz CT molecular complexity index is 2380. The van der Waals surface area contributed by atoms with E-state index in [-0.39, 0.29) is 10.8 Å². The van der Waals surface area contributed by atoms with Crippen molar-refractivity contribution in [3.05, 3.63) is 151 Å². The fraction of sp³-hybridized carbons (Fsp3) is 0.269. The summed E-state index contributed by atoms with van der Waals surface area (Å²) in [4.78, 5) is 19.2. The summed E-state index contributed by atoms with van der Waals surface area (Å²) < 4.78 is 6.35. The third kappa shape index (κ3) is 9.28. The van der Waals surface area contributed by atoms with Crippen LogP contribution in [0.5, 0.6) is 0 Å². The monoisotopic (exact) mass is 777 g/mol. The van der Waals surface area contributed by atoms with Gasteiger partial charge in [0.2, 0.25) is 0 Å². The zero-order valence-electron chi connectivity index (χ0n) is 36.0. The second-order valence-corrected chi connectivity index (χ2v) is 18.5. The minimum Gasteiger partial charge on any atom is -0.427 e. The molecule has 4 heterocycles. The number of nitrogens with zero attached hydrogens (tertiary/aromatic N) is 4. The van der Waals surface area contributed by atoms with Crippen LogP contribution in [0.15, 0.2) is 140 Å². The van der Waals surface area contributed by atoms with Crippen LogP contribution >= 0.6 is 0 Å². The summed E-state index contributed by atoms with van der Waals surface area (Å²) in [6.07, 6.45) is 7.71. The molecule has 0 bridgehead atoms. The zero-order chi connectivity index (χ0) is 42.2. The highest BCUT2D eigenvalue weighted by Gasteiger charge is 2.36. The van der Waals surface area contributed by atoms with Crippen LogP contribution in [0, 0.1) is 0 Å². The smallest absolute Gasteiger partial charge is 0.330 e. The lowest BCUT2D eigenvalue weighted by Crippen LogP contribution is -2.49. The summed E-state index contributed by atoms with van der Waals surface area (Å²) in [5.74, 6) is 0. The van der Waals surface area contributed by atoms with Crippen molar-refractivity contribution in [1.29, 1.82) is 0 Å². The molecule has 7 heteroatoms. The highest BCUT2D eigenvalue weighted by atomic mass is 16.5. The van der Waals surface area contributed by atoms with E-state index >= 15 is 0 Å². The van der Waals surface area contributed by atoms with E-state index in [0.29, 0.717) is 0 Å². The van der Waals surface area contributed by atoms with Crippen LogP contribution in [0.1, 0.15) is 80.6 Å². The number of pyridine rings is 4. The zero-order valence-corrected chi connectivity index (χ0v) is 36.0. The number of hydrogen-bond donors (Lipinski definition) is 1. The molecule has 0 unspecified atom stereocenters. The number of benzene rings is 3. The summed E-state index contributed by atoms with van der Waals surface area (Å²) in [7, 11) is 1.76. The molecule has 0 aliphatic rings. The van der Waals surface area contributed by atoms with Crippen LogP contribution in [0.3, 0.4) is 0 Å². The van der Waals surface area contributed by atoms with Crippen molar-refractivity contribution in [2.75, 3.05) is 0 Å². The van der Waals surface area contributed by atoms with Gasteiger partial charge in [0.1, 0.15) is 0 Å². The Morgan fingerprint density at radius 3 is 1.12 bits per heavy atom. The number of rotatable bonds is 10. The van der Waals surface area contributed by atoms with Gasteiger partial charge in [-0.05, 0) is 104 Å². The second-order valence-electron chi connectivity index (χ2n) is 18.5. The summed E-state index contributed by atoms with van der Waals surface area (Å²) >= 11 is 0. The molecule has 297 valence electrons. The van der Waals surface area contributed by atoms with Crippen molar-refractivity contribution in [3.8, 4) is 67.0 Å². The molecule has 0 atom stereocenters. The average molecular weight is 778 g/mol. The molecule has 0 amide bonds. The van der Waals surface area contributed by atoms with E-state index in [0.717, 1.165) is 83.9 Å². The standard InChI is InChI=1S/C52H54BN4O2/c1-49(2,3)47-25-21-36(32-56-47)45-23-19-34(30-54-45)41-15-11-13-17-43(41)38-27-39(29-40(28-38)53-59-52(9,10)51(7,8)58)44-18-14-12-16-42(44)35-20-24-46(55-31-35)37-22-26-48(57-33-37)50(4,5)6/h11-33,58H,1-10H3. The van der Waals surface area contributed by atoms with Crippen molar-refractivity contribution >= 4 is 12.9 Å². The predicted molar refractivity (Wildman–Crippen MR) is 244 cm³/mol. The number of aliphatic hydroxyl groups is 1. The molecule has 7 aromatic rings. The van der Waals surface area contributed by atoms with Crippen LogP contribution in [0.25, 0.3) is 67.0 Å². The van der Waals surface area contributed by atoms with Crippen LogP contribution in [0.4, 0.5) is 0 Å². The first-order chi connectivity index (χ1) is 27.9. The predicted octanol–water partition coefficient (Wildman–Crippen LogP) is 11.7. The van der Waals surface area contributed by atoms with Crippen LogP contribution in [-0.2, 0) is 15.5 Å². The Morgan fingerprint density at radius 1 is 0.424 bits per heavy atom. The maximum Gasteiger partial charge on any atom is 0.330 e. The highest BCUT2D eigenvalue weighted by Crippen LogP contribution is 2.38. The van der Waals surface area contributed by atoms with Gasteiger partial charge in [-0.1, -0.05) is 120 Å². The normalized spacial score (nSPS) is 12.4. The molecule has 0 aliphatic carbocycles. The van der Waals surface area contributed by atoms with Crippen molar-refractivity contribution in [2.45, 2.75) is 91.3 Å². The molecule has 4 aromatic heterocycles. The first-order valence-electron chi connectivity index (χ1n) is 20.3. The van der Waals surface area contributed by atoms with E-state index in [2.05, 4.69) is 157 Å². The van der Waals surface area contributed by atoms with Crippen LogP contribution in [-0.4, -0.2) is 43.7 Å². The van der Waals surface area contributed by atoms with Crippen molar-refractivity contribution < 1.29 is 9.76 Å². The van der Waals surface area contributed by atoms with Gasteiger partial charge in [0.15, 0.2) is 0 Å². The molecule has 1 N–H and O–H groups in total. The number of hydrogen-bond acceptors (Lipinski definition) is 6. The third-order valence-corrected chi connectivity index (χ3v) is 11.2. The van der Waals surface area contributed by atoms with E-state index in [1.807, 2.05) is 38.6 Å². The van der Waals surface area contributed by atoms with E-state index in [4.69, 9.17) is 24.6 Å². The molecule has 3 aromatic carbocycles. The van der Waals surface area contributed by atoms with Gasteiger partial charge in [-0.2, -0.15) is 0 Å². The molecular formula is C52H54BN4O2. The Labute approximate surface area is 351 Å². The number of aromatic nitrogens is 4. The SMILES string of the molecule is CC(C)(C)c1ccc(-c2ccc(-c3ccccc3-c3cc([B]OC(C)(C)C(C)(C)O)cc(-c4ccccc4-c4ccc(-c5ccc(C(C)(C)C)nc5)nc4)c3)cn2)cn1. The van der Waals surface area contributed by atoms with E-state index < -0.39 is 11.2 Å². The fourth-order valence-corrected chi connectivity index (χ4v) is 6.79. The second kappa shape index (κ2) is 16.1. The van der Waals surface area contributed by atoms with Gasteiger partial charge in [0.25, 0.3) is 0 Å².